The van der Waals surface area contributed by atoms with Gasteiger partial charge in [0.1, 0.15) is 23.1 Å². The molecule has 8 nitrogen and oxygen atoms in total. The second-order valence-corrected chi connectivity index (χ2v) is 6.31. The van der Waals surface area contributed by atoms with E-state index in [4.69, 9.17) is 0 Å². The predicted octanol–water partition coefficient (Wildman–Crippen LogP) is 1.76. The Balaban J connectivity index is 1.84. The van der Waals surface area contributed by atoms with Crippen LogP contribution in [-0.2, 0) is 0 Å². The van der Waals surface area contributed by atoms with Crippen molar-refractivity contribution >= 4 is 23.1 Å². The van der Waals surface area contributed by atoms with Gasteiger partial charge in [0.2, 0.25) is 0 Å². The first-order valence-corrected chi connectivity index (χ1v) is 8.77. The lowest BCUT2D eigenvalue weighted by molar-refractivity contribution is 0.145. The molecule has 10 heteroatoms. The molecule has 1 aliphatic heterocycles. The summed E-state index contributed by atoms with van der Waals surface area (Å²) in [6, 6.07) is 3.64. The summed E-state index contributed by atoms with van der Waals surface area (Å²) in [4.78, 5) is 14.4. The van der Waals surface area contributed by atoms with E-state index in [1.165, 1.54) is 6.20 Å². The molecule has 1 saturated heterocycles. The smallest absolute Gasteiger partial charge is 0.281 e. The molecule has 1 aliphatic rings. The number of aliphatic hydroxyl groups excluding tert-OH is 1. The van der Waals surface area contributed by atoms with Gasteiger partial charge in [-0.25, -0.2) is 23.7 Å². The number of nitrogens with one attached hydrogen (secondary N) is 3. The maximum Gasteiger partial charge on any atom is 0.281 e. The number of halogens is 2. The van der Waals surface area contributed by atoms with Gasteiger partial charge in [0.15, 0.2) is 0 Å². The average molecular weight is 379 g/mol. The third-order valence-electron chi connectivity index (χ3n) is 4.11. The van der Waals surface area contributed by atoms with Crippen LogP contribution in [-0.4, -0.2) is 58.9 Å². The molecule has 27 heavy (non-hydrogen) atoms. The Labute approximate surface area is 156 Å². The summed E-state index contributed by atoms with van der Waals surface area (Å²) in [5.74, 6) is 1.44. The molecule has 0 bridgehead atoms. The zero-order chi connectivity index (χ0) is 19.2. The number of aromatic nitrogens is 3. The third kappa shape index (κ3) is 5.20. The summed E-state index contributed by atoms with van der Waals surface area (Å²) >= 11 is 0. The Kier molecular flexibility index (Phi) is 6.30. The van der Waals surface area contributed by atoms with Crippen molar-refractivity contribution < 1.29 is 13.9 Å². The lowest BCUT2D eigenvalue weighted by atomic mass is 10.2. The fourth-order valence-electron chi connectivity index (χ4n) is 2.70. The van der Waals surface area contributed by atoms with Gasteiger partial charge in [0.25, 0.3) is 6.43 Å². The molecule has 4 N–H and O–H groups in total. The first-order chi connectivity index (χ1) is 13.0. The van der Waals surface area contributed by atoms with E-state index >= 15 is 0 Å². The maximum absolute atomic E-state index is 12.6. The zero-order valence-corrected chi connectivity index (χ0v) is 15.0. The van der Waals surface area contributed by atoms with Crippen LogP contribution in [0.1, 0.15) is 19.0 Å². The standard InChI is InChI=1S/C17H23F2N7O/c1-11(10-27)23-14-6-12(26-4-2-20-3-5-26)7-15(24-14)25-16-9-21-13(8-22-16)17(18)19/h6-9,11,17,20,27H,2-5,10H2,1H3,(H2,22,23,24,25)/t11-/m0/s1. The van der Waals surface area contributed by atoms with Crippen LogP contribution in [0.5, 0.6) is 0 Å². The van der Waals surface area contributed by atoms with E-state index in [1.807, 2.05) is 19.1 Å². The molecule has 0 spiro atoms. The molecule has 1 fully saturated rings. The highest BCUT2D eigenvalue weighted by Gasteiger charge is 2.15. The highest BCUT2D eigenvalue weighted by atomic mass is 19.3. The monoisotopic (exact) mass is 379 g/mol. The minimum absolute atomic E-state index is 0.0249. The third-order valence-corrected chi connectivity index (χ3v) is 4.11. The molecule has 1 atom stereocenters. The van der Waals surface area contributed by atoms with E-state index in [2.05, 4.69) is 35.8 Å². The molecule has 2 aromatic heterocycles. The minimum atomic E-state index is -2.66. The van der Waals surface area contributed by atoms with Crippen molar-refractivity contribution in [1.82, 2.24) is 20.3 Å². The molecule has 3 heterocycles. The number of anilines is 4. The van der Waals surface area contributed by atoms with Crippen molar-refractivity contribution in [3.8, 4) is 0 Å². The van der Waals surface area contributed by atoms with Gasteiger partial charge < -0.3 is 26.0 Å². The summed E-state index contributed by atoms with van der Waals surface area (Å²) in [6.07, 6.45) is -0.360. The first-order valence-electron chi connectivity index (χ1n) is 8.77. The summed E-state index contributed by atoms with van der Waals surface area (Å²) < 4.78 is 25.2. The van der Waals surface area contributed by atoms with Crippen LogP contribution in [0.2, 0.25) is 0 Å². The Bertz CT molecular complexity index is 739. The topological polar surface area (TPSA) is 98.2 Å². The predicted molar refractivity (Wildman–Crippen MR) is 99.8 cm³/mol. The molecule has 0 radical (unpaired) electrons. The number of nitrogens with zero attached hydrogens (tertiary/aromatic N) is 4. The molecule has 3 rings (SSSR count). The lowest BCUT2D eigenvalue weighted by Gasteiger charge is -2.30. The van der Waals surface area contributed by atoms with Crippen molar-refractivity contribution in [2.75, 3.05) is 48.3 Å². The zero-order valence-electron chi connectivity index (χ0n) is 15.0. The van der Waals surface area contributed by atoms with Crippen LogP contribution in [0.4, 0.5) is 31.9 Å². The lowest BCUT2D eigenvalue weighted by Crippen LogP contribution is -2.43. The second-order valence-electron chi connectivity index (χ2n) is 6.31. The van der Waals surface area contributed by atoms with Crippen LogP contribution < -0.4 is 20.9 Å². The molecular formula is C17H23F2N7O. The van der Waals surface area contributed by atoms with Crippen LogP contribution >= 0.6 is 0 Å². The molecule has 146 valence electrons. The summed E-state index contributed by atoms with van der Waals surface area (Å²) in [5, 5.41) is 18.7. The number of pyridine rings is 1. The fourth-order valence-corrected chi connectivity index (χ4v) is 2.70. The number of piperazine rings is 1. The van der Waals surface area contributed by atoms with E-state index in [0.29, 0.717) is 17.5 Å². The second kappa shape index (κ2) is 8.87. The molecule has 0 aromatic carbocycles. The Morgan fingerprint density at radius 1 is 1.15 bits per heavy atom. The van der Waals surface area contributed by atoms with E-state index in [0.717, 1.165) is 38.1 Å². The molecule has 0 amide bonds. The SMILES string of the molecule is C[C@@H](CO)Nc1cc(N2CCNCC2)cc(Nc2cnc(C(F)F)cn2)n1. The summed E-state index contributed by atoms with van der Waals surface area (Å²) in [6.45, 7) is 5.33. The molecular weight excluding hydrogens is 356 g/mol. The van der Waals surface area contributed by atoms with Crippen molar-refractivity contribution in [2.24, 2.45) is 0 Å². The van der Waals surface area contributed by atoms with Gasteiger partial charge in [-0.1, -0.05) is 0 Å². The van der Waals surface area contributed by atoms with Gasteiger partial charge in [-0.2, -0.15) is 0 Å². The maximum atomic E-state index is 12.6. The van der Waals surface area contributed by atoms with E-state index in [9.17, 15) is 13.9 Å². The van der Waals surface area contributed by atoms with Crippen LogP contribution in [0, 0.1) is 0 Å². The first kappa shape index (κ1) is 19.2. The van der Waals surface area contributed by atoms with Gasteiger partial charge in [-0.3, -0.25) is 0 Å². The van der Waals surface area contributed by atoms with Crippen LogP contribution in [0.25, 0.3) is 0 Å². The van der Waals surface area contributed by atoms with Gasteiger partial charge in [-0.15, -0.1) is 0 Å². The van der Waals surface area contributed by atoms with Crippen LogP contribution in [0.15, 0.2) is 24.5 Å². The number of alkyl halides is 2. The normalized spacial score (nSPS) is 15.7. The van der Waals surface area contributed by atoms with E-state index < -0.39 is 6.43 Å². The van der Waals surface area contributed by atoms with Crippen molar-refractivity contribution in [3.63, 3.8) is 0 Å². The van der Waals surface area contributed by atoms with Gasteiger partial charge in [-0.05, 0) is 6.92 Å². The quantitative estimate of drug-likeness (QED) is 0.578. The summed E-state index contributed by atoms with van der Waals surface area (Å²) in [5.41, 5.74) is 0.598. The fraction of sp³-hybridized carbons (Fsp3) is 0.471. The molecule has 2 aromatic rings. The van der Waals surface area contributed by atoms with Gasteiger partial charge in [0.05, 0.1) is 19.0 Å². The summed E-state index contributed by atoms with van der Waals surface area (Å²) in [7, 11) is 0. The Morgan fingerprint density at radius 3 is 2.52 bits per heavy atom. The number of hydrogen-bond donors (Lipinski definition) is 4. The molecule has 0 unspecified atom stereocenters. The Hall–Kier alpha value is -2.59. The van der Waals surface area contributed by atoms with E-state index in [-0.39, 0.29) is 18.3 Å². The Morgan fingerprint density at radius 2 is 1.89 bits per heavy atom. The van der Waals surface area contributed by atoms with Crippen molar-refractivity contribution in [1.29, 1.82) is 0 Å². The largest absolute Gasteiger partial charge is 0.394 e. The van der Waals surface area contributed by atoms with Gasteiger partial charge in [0, 0.05) is 50.0 Å². The van der Waals surface area contributed by atoms with E-state index in [1.54, 1.807) is 0 Å². The number of hydrogen-bond acceptors (Lipinski definition) is 8. The van der Waals surface area contributed by atoms with Crippen molar-refractivity contribution in [3.05, 3.63) is 30.2 Å². The van der Waals surface area contributed by atoms with Gasteiger partial charge >= 0.3 is 0 Å². The number of rotatable bonds is 7. The molecule has 0 aliphatic carbocycles. The minimum Gasteiger partial charge on any atom is -0.394 e. The van der Waals surface area contributed by atoms with Crippen molar-refractivity contribution in [2.45, 2.75) is 19.4 Å². The molecule has 0 saturated carbocycles. The number of aliphatic hydroxyl groups is 1. The van der Waals surface area contributed by atoms with Crippen LogP contribution in [0.3, 0.4) is 0 Å². The average Bonchev–Trinajstić information content (AvgIpc) is 2.69. The highest BCUT2D eigenvalue weighted by molar-refractivity contribution is 5.65. The highest BCUT2D eigenvalue weighted by Crippen LogP contribution is 2.25.